The molecule has 0 unspecified atom stereocenters. The van der Waals surface area contributed by atoms with Crippen LogP contribution in [0.1, 0.15) is 52.1 Å². The van der Waals surface area contributed by atoms with Crippen molar-refractivity contribution in [1.29, 1.82) is 0 Å². The summed E-state index contributed by atoms with van der Waals surface area (Å²) in [6.07, 6.45) is 8.95. The third-order valence-electron chi connectivity index (χ3n) is 8.67. The molecule has 3 aliphatic rings. The van der Waals surface area contributed by atoms with Crippen molar-refractivity contribution in [1.82, 2.24) is 10.3 Å². The van der Waals surface area contributed by atoms with Gasteiger partial charge >= 0.3 is 12.1 Å². The summed E-state index contributed by atoms with van der Waals surface area (Å²) in [4.78, 5) is 29.5. The van der Waals surface area contributed by atoms with Gasteiger partial charge in [0.15, 0.2) is 0 Å². The number of cyclic esters (lactones) is 1. The molecule has 1 aromatic heterocycles. The van der Waals surface area contributed by atoms with E-state index in [-0.39, 0.29) is 53.2 Å². The molecule has 2 aliphatic carbocycles. The van der Waals surface area contributed by atoms with Gasteiger partial charge in [-0.05, 0) is 86.6 Å². The van der Waals surface area contributed by atoms with Gasteiger partial charge < -0.3 is 14.8 Å². The number of esters is 1. The molecule has 1 saturated heterocycles. The molecular formula is C30H35FN2O4. The first kappa shape index (κ1) is 25.4. The van der Waals surface area contributed by atoms with Gasteiger partial charge in [0.2, 0.25) is 0 Å². The number of carbonyl (C=O) groups is 2. The van der Waals surface area contributed by atoms with E-state index in [0.29, 0.717) is 12.5 Å². The van der Waals surface area contributed by atoms with Crippen molar-refractivity contribution in [3.63, 3.8) is 0 Å². The van der Waals surface area contributed by atoms with Crippen LogP contribution in [-0.4, -0.2) is 35.8 Å². The molecule has 6 nitrogen and oxygen atoms in total. The highest BCUT2D eigenvalue weighted by Gasteiger charge is 2.58. The smallest absolute Gasteiger partial charge is 0.407 e. The maximum Gasteiger partial charge on any atom is 0.407 e. The SMILES string of the molecule is CCOC(=O)N[C@H]1CC[C@H]2[C@H](/C=C/c3ccc(-c4cccc(F)c4)cn3)[C@@H]3[C@@H](C)OC(=O)[C@@H]3C[C@]2(C)C1. The van der Waals surface area contributed by atoms with Crippen molar-refractivity contribution in [3.05, 3.63) is 60.2 Å². The van der Waals surface area contributed by atoms with Gasteiger partial charge in [-0.15, -0.1) is 0 Å². The van der Waals surface area contributed by atoms with E-state index in [2.05, 4.69) is 23.3 Å². The lowest BCUT2D eigenvalue weighted by Gasteiger charge is -2.54. The summed E-state index contributed by atoms with van der Waals surface area (Å²) in [5.74, 6) is 0.144. The van der Waals surface area contributed by atoms with Gasteiger partial charge in [0.25, 0.3) is 0 Å². The molecule has 0 radical (unpaired) electrons. The number of alkyl carbamates (subject to hydrolysis) is 1. The van der Waals surface area contributed by atoms with Gasteiger partial charge in [-0.1, -0.05) is 31.2 Å². The zero-order valence-electron chi connectivity index (χ0n) is 21.7. The van der Waals surface area contributed by atoms with Gasteiger partial charge in [-0.3, -0.25) is 9.78 Å². The Morgan fingerprint density at radius 3 is 2.81 bits per heavy atom. The summed E-state index contributed by atoms with van der Waals surface area (Å²) in [5, 5.41) is 3.02. The minimum absolute atomic E-state index is 0.0355. The number of fused-ring (bicyclic) bond motifs is 2. The van der Waals surface area contributed by atoms with E-state index in [4.69, 9.17) is 9.47 Å². The van der Waals surface area contributed by atoms with Crippen LogP contribution >= 0.6 is 0 Å². The van der Waals surface area contributed by atoms with E-state index < -0.39 is 0 Å². The van der Waals surface area contributed by atoms with Crippen LogP contribution in [-0.2, 0) is 14.3 Å². The first-order chi connectivity index (χ1) is 17.8. The van der Waals surface area contributed by atoms with Gasteiger partial charge in [-0.2, -0.15) is 0 Å². The molecule has 7 atom stereocenters. The maximum absolute atomic E-state index is 13.6. The van der Waals surface area contributed by atoms with Crippen LogP contribution in [0.15, 0.2) is 48.7 Å². The van der Waals surface area contributed by atoms with E-state index in [1.54, 1.807) is 19.2 Å². The number of pyridine rings is 1. The van der Waals surface area contributed by atoms with Crippen molar-refractivity contribution in [3.8, 4) is 11.1 Å². The third kappa shape index (κ3) is 5.13. The molecule has 2 heterocycles. The molecule has 1 aromatic carbocycles. The second kappa shape index (κ2) is 10.3. The normalized spacial score (nSPS) is 32.9. The summed E-state index contributed by atoms with van der Waals surface area (Å²) in [5.41, 5.74) is 2.37. The largest absolute Gasteiger partial charge is 0.462 e. The number of allylic oxidation sites excluding steroid dienone is 1. The Hall–Kier alpha value is -3.22. The fourth-order valence-corrected chi connectivity index (χ4v) is 7.12. The second-order valence-electron chi connectivity index (χ2n) is 11.1. The highest BCUT2D eigenvalue weighted by atomic mass is 19.1. The quantitative estimate of drug-likeness (QED) is 0.502. The van der Waals surface area contributed by atoms with Crippen LogP contribution in [0, 0.1) is 34.9 Å². The first-order valence-corrected chi connectivity index (χ1v) is 13.3. The number of carbonyl (C=O) groups excluding carboxylic acids is 2. The molecule has 1 aliphatic heterocycles. The lowest BCUT2D eigenvalue weighted by atomic mass is 9.50. The van der Waals surface area contributed by atoms with Crippen molar-refractivity contribution in [2.24, 2.45) is 29.1 Å². The predicted molar refractivity (Wildman–Crippen MR) is 139 cm³/mol. The van der Waals surface area contributed by atoms with E-state index in [1.165, 1.54) is 12.1 Å². The van der Waals surface area contributed by atoms with Gasteiger partial charge in [0.1, 0.15) is 11.9 Å². The minimum atomic E-state index is -0.374. The zero-order chi connectivity index (χ0) is 26.2. The Bertz CT molecular complexity index is 1180. The Balaban J connectivity index is 1.38. The number of aromatic nitrogens is 1. The molecule has 0 bridgehead atoms. The third-order valence-corrected chi connectivity index (χ3v) is 8.67. The monoisotopic (exact) mass is 506 g/mol. The minimum Gasteiger partial charge on any atom is -0.462 e. The number of nitrogens with one attached hydrogen (secondary N) is 1. The number of hydrogen-bond donors (Lipinski definition) is 1. The summed E-state index contributed by atoms with van der Waals surface area (Å²) >= 11 is 0. The first-order valence-electron chi connectivity index (χ1n) is 13.3. The van der Waals surface area contributed by atoms with Crippen molar-refractivity contribution < 1.29 is 23.5 Å². The summed E-state index contributed by atoms with van der Waals surface area (Å²) in [6, 6.07) is 10.4. The standard InChI is InChI=1S/C30H35FN2O4/c1-4-36-29(35)33-23-11-13-26-24(27-18(2)37-28(34)25(27)16-30(26,3)15-23)12-10-22-9-8-20(17-32-22)19-6-5-7-21(31)14-19/h5-10,12,14,17-18,23-27H,4,11,13,15-16H2,1-3H3,(H,33,35)/b12-10+/t18-,23+,24+,25-,26+,27+,30+/m1/s1. The second-order valence-corrected chi connectivity index (χ2v) is 11.1. The molecule has 1 amide bonds. The lowest BCUT2D eigenvalue weighted by molar-refractivity contribution is -0.145. The number of nitrogens with zero attached hydrogens (tertiary/aromatic N) is 1. The van der Waals surface area contributed by atoms with Crippen LogP contribution in [0.4, 0.5) is 9.18 Å². The van der Waals surface area contributed by atoms with Crippen LogP contribution in [0.3, 0.4) is 0 Å². The van der Waals surface area contributed by atoms with Crippen molar-refractivity contribution in [2.75, 3.05) is 6.61 Å². The molecule has 2 aromatic rings. The molecule has 0 spiro atoms. The van der Waals surface area contributed by atoms with Crippen molar-refractivity contribution in [2.45, 2.75) is 58.6 Å². The summed E-state index contributed by atoms with van der Waals surface area (Å²) < 4.78 is 24.5. The molecule has 1 N–H and O–H groups in total. The predicted octanol–water partition coefficient (Wildman–Crippen LogP) is 6.02. The topological polar surface area (TPSA) is 77.5 Å². The van der Waals surface area contributed by atoms with Crippen molar-refractivity contribution >= 4 is 18.1 Å². The van der Waals surface area contributed by atoms with Gasteiger partial charge in [0.05, 0.1) is 18.2 Å². The lowest BCUT2D eigenvalue weighted by Crippen LogP contribution is -2.53. The average molecular weight is 507 g/mol. The van der Waals surface area contributed by atoms with Crippen LogP contribution in [0.2, 0.25) is 0 Å². The van der Waals surface area contributed by atoms with Crippen LogP contribution < -0.4 is 5.32 Å². The molecule has 196 valence electrons. The van der Waals surface area contributed by atoms with Crippen LogP contribution in [0.25, 0.3) is 17.2 Å². The maximum atomic E-state index is 13.6. The van der Waals surface area contributed by atoms with Crippen LogP contribution in [0.5, 0.6) is 0 Å². The number of halogens is 1. The zero-order valence-corrected chi connectivity index (χ0v) is 21.7. The fourth-order valence-electron chi connectivity index (χ4n) is 7.12. The van der Waals surface area contributed by atoms with E-state index >= 15 is 0 Å². The summed E-state index contributed by atoms with van der Waals surface area (Å²) in [6.45, 7) is 6.41. The number of ether oxygens (including phenoxy) is 2. The Morgan fingerprint density at radius 2 is 2.08 bits per heavy atom. The number of amides is 1. The fraction of sp³-hybridized carbons (Fsp3) is 0.500. The highest BCUT2D eigenvalue weighted by Crippen LogP contribution is 2.59. The highest BCUT2D eigenvalue weighted by molar-refractivity contribution is 5.76. The van der Waals surface area contributed by atoms with Gasteiger partial charge in [0, 0.05) is 23.7 Å². The number of benzene rings is 1. The number of rotatable bonds is 5. The summed E-state index contributed by atoms with van der Waals surface area (Å²) in [7, 11) is 0. The van der Waals surface area contributed by atoms with Gasteiger partial charge in [-0.25, -0.2) is 9.18 Å². The number of hydrogen-bond acceptors (Lipinski definition) is 5. The van der Waals surface area contributed by atoms with E-state index in [0.717, 1.165) is 42.5 Å². The molecule has 3 fully saturated rings. The molecule has 37 heavy (non-hydrogen) atoms. The average Bonchev–Trinajstić information content (AvgIpc) is 3.14. The Kier molecular flexibility index (Phi) is 7.06. The van der Waals surface area contributed by atoms with E-state index in [9.17, 15) is 14.0 Å². The molecule has 7 heteroatoms. The molecule has 5 rings (SSSR count). The molecular weight excluding hydrogens is 471 g/mol. The Morgan fingerprint density at radius 1 is 1.24 bits per heavy atom. The molecule has 2 saturated carbocycles. The van der Waals surface area contributed by atoms with E-state index in [1.807, 2.05) is 31.2 Å². The Labute approximate surface area is 217 Å².